The molecule has 1 unspecified atom stereocenters. The molecule has 1 atom stereocenters. The Labute approximate surface area is 119 Å². The first-order valence-electron chi connectivity index (χ1n) is 6.83. The molecule has 0 radical (unpaired) electrons. The maximum atomic E-state index is 13.4. The lowest BCUT2D eigenvalue weighted by Crippen LogP contribution is -2.33. The van der Waals surface area contributed by atoms with E-state index in [-0.39, 0.29) is 11.9 Å². The topological polar surface area (TPSA) is 42.2 Å². The quantitative estimate of drug-likeness (QED) is 0.880. The Hall–Kier alpha value is -1.78. The molecule has 2 rings (SSSR count). The normalized spacial score (nSPS) is 12.6. The van der Waals surface area contributed by atoms with Gasteiger partial charge in [-0.15, -0.1) is 0 Å². The summed E-state index contributed by atoms with van der Waals surface area (Å²) in [5.41, 5.74) is 8.01. The van der Waals surface area contributed by atoms with Crippen LogP contribution in [-0.4, -0.2) is 23.0 Å². The van der Waals surface area contributed by atoms with Gasteiger partial charge in [0, 0.05) is 31.5 Å². The molecule has 4 heteroatoms. The van der Waals surface area contributed by atoms with Crippen molar-refractivity contribution in [2.24, 2.45) is 5.73 Å². The third-order valence-corrected chi connectivity index (χ3v) is 3.44. The highest BCUT2D eigenvalue weighted by Gasteiger charge is 2.18. The van der Waals surface area contributed by atoms with Gasteiger partial charge in [0.2, 0.25) is 0 Å². The Morgan fingerprint density at radius 2 is 2.00 bits per heavy atom. The Morgan fingerprint density at radius 1 is 1.25 bits per heavy atom. The summed E-state index contributed by atoms with van der Waals surface area (Å²) in [5, 5.41) is 0. The summed E-state index contributed by atoms with van der Waals surface area (Å²) in [6.07, 6.45) is 3.56. The molecule has 0 saturated carbocycles. The molecule has 0 saturated heterocycles. The molecule has 2 N–H and O–H groups in total. The number of halogens is 1. The first-order valence-corrected chi connectivity index (χ1v) is 6.83. The summed E-state index contributed by atoms with van der Waals surface area (Å²) in [5.74, 6) is -0.221. The average Bonchev–Trinajstić information content (AvgIpc) is 2.48. The van der Waals surface area contributed by atoms with Gasteiger partial charge in [0.15, 0.2) is 0 Å². The fraction of sp³-hybridized carbons (Fsp3) is 0.312. The van der Waals surface area contributed by atoms with Crippen LogP contribution in [0.15, 0.2) is 48.8 Å². The van der Waals surface area contributed by atoms with Crippen molar-refractivity contribution in [2.75, 3.05) is 13.1 Å². The van der Waals surface area contributed by atoms with Gasteiger partial charge < -0.3 is 5.73 Å². The van der Waals surface area contributed by atoms with Crippen LogP contribution in [0.1, 0.15) is 24.1 Å². The molecular weight excluding hydrogens is 253 g/mol. The second kappa shape index (κ2) is 7.12. The van der Waals surface area contributed by atoms with E-state index in [1.807, 2.05) is 18.2 Å². The Morgan fingerprint density at radius 3 is 2.60 bits per heavy atom. The standard InChI is InChI=1S/C16H20FN3/c1-2-20(12-13-6-8-19-9-7-13)16(11-18)14-4-3-5-15(17)10-14/h3-10,16H,2,11-12,18H2,1H3. The van der Waals surface area contributed by atoms with Crippen LogP contribution < -0.4 is 5.73 Å². The third kappa shape index (κ3) is 3.62. The molecule has 0 aliphatic heterocycles. The SMILES string of the molecule is CCN(Cc1ccncc1)C(CN)c1cccc(F)c1. The zero-order chi connectivity index (χ0) is 14.4. The van der Waals surface area contributed by atoms with Crippen molar-refractivity contribution in [1.82, 2.24) is 9.88 Å². The van der Waals surface area contributed by atoms with E-state index in [9.17, 15) is 4.39 Å². The molecule has 20 heavy (non-hydrogen) atoms. The van der Waals surface area contributed by atoms with Gasteiger partial charge in [-0.1, -0.05) is 19.1 Å². The lowest BCUT2D eigenvalue weighted by molar-refractivity contribution is 0.203. The zero-order valence-electron chi connectivity index (χ0n) is 11.7. The predicted molar refractivity (Wildman–Crippen MR) is 78.5 cm³/mol. The average molecular weight is 273 g/mol. The van der Waals surface area contributed by atoms with Crippen LogP contribution in [-0.2, 0) is 6.54 Å². The summed E-state index contributed by atoms with van der Waals surface area (Å²) in [6, 6.07) is 10.7. The second-order valence-electron chi connectivity index (χ2n) is 4.73. The van der Waals surface area contributed by atoms with Crippen LogP contribution in [0.4, 0.5) is 4.39 Å². The number of rotatable bonds is 6. The number of pyridine rings is 1. The van der Waals surface area contributed by atoms with Gasteiger partial charge in [-0.3, -0.25) is 9.88 Å². The van der Waals surface area contributed by atoms with Crippen LogP contribution in [0, 0.1) is 5.82 Å². The van der Waals surface area contributed by atoms with E-state index in [0.29, 0.717) is 6.54 Å². The van der Waals surface area contributed by atoms with Crippen molar-refractivity contribution >= 4 is 0 Å². The number of nitrogens with zero attached hydrogens (tertiary/aromatic N) is 2. The summed E-state index contributed by atoms with van der Waals surface area (Å²) < 4.78 is 13.4. The zero-order valence-corrected chi connectivity index (χ0v) is 11.7. The summed E-state index contributed by atoms with van der Waals surface area (Å²) in [7, 11) is 0. The molecule has 1 aromatic heterocycles. The van der Waals surface area contributed by atoms with Gasteiger partial charge in [-0.05, 0) is 41.9 Å². The molecular formula is C16H20FN3. The molecule has 106 valence electrons. The van der Waals surface area contributed by atoms with Crippen molar-refractivity contribution in [2.45, 2.75) is 19.5 Å². The number of nitrogens with two attached hydrogens (primary N) is 1. The van der Waals surface area contributed by atoms with Crippen molar-refractivity contribution in [3.05, 3.63) is 65.7 Å². The van der Waals surface area contributed by atoms with E-state index >= 15 is 0 Å². The Balaban J connectivity index is 2.19. The van der Waals surface area contributed by atoms with E-state index in [1.165, 1.54) is 11.6 Å². The smallest absolute Gasteiger partial charge is 0.123 e. The highest BCUT2D eigenvalue weighted by atomic mass is 19.1. The minimum absolute atomic E-state index is 0.0175. The molecule has 0 aliphatic rings. The van der Waals surface area contributed by atoms with Crippen LogP contribution in [0.3, 0.4) is 0 Å². The van der Waals surface area contributed by atoms with Crippen LogP contribution in [0.5, 0.6) is 0 Å². The van der Waals surface area contributed by atoms with E-state index in [0.717, 1.165) is 18.7 Å². The minimum atomic E-state index is -0.221. The van der Waals surface area contributed by atoms with Crippen LogP contribution in [0.2, 0.25) is 0 Å². The van der Waals surface area contributed by atoms with Crippen molar-refractivity contribution in [1.29, 1.82) is 0 Å². The lowest BCUT2D eigenvalue weighted by Gasteiger charge is -2.30. The number of hydrogen-bond donors (Lipinski definition) is 1. The number of hydrogen-bond acceptors (Lipinski definition) is 3. The Kier molecular flexibility index (Phi) is 5.21. The van der Waals surface area contributed by atoms with Crippen molar-refractivity contribution < 1.29 is 4.39 Å². The maximum Gasteiger partial charge on any atom is 0.123 e. The largest absolute Gasteiger partial charge is 0.329 e. The first-order chi connectivity index (χ1) is 9.74. The summed E-state index contributed by atoms with van der Waals surface area (Å²) >= 11 is 0. The van der Waals surface area contributed by atoms with Crippen molar-refractivity contribution in [3.63, 3.8) is 0 Å². The monoisotopic (exact) mass is 273 g/mol. The van der Waals surface area contributed by atoms with Gasteiger partial charge in [0.25, 0.3) is 0 Å². The van der Waals surface area contributed by atoms with Gasteiger partial charge in [0.1, 0.15) is 5.82 Å². The minimum Gasteiger partial charge on any atom is -0.329 e. The van der Waals surface area contributed by atoms with E-state index in [1.54, 1.807) is 24.5 Å². The number of likely N-dealkylation sites (N-methyl/N-ethyl adjacent to an activating group) is 1. The van der Waals surface area contributed by atoms with Crippen molar-refractivity contribution in [3.8, 4) is 0 Å². The Bertz CT molecular complexity index is 530. The second-order valence-corrected chi connectivity index (χ2v) is 4.73. The molecule has 0 fully saturated rings. The van der Waals surface area contributed by atoms with Gasteiger partial charge in [0.05, 0.1) is 0 Å². The molecule has 0 spiro atoms. The molecule has 1 aromatic carbocycles. The molecule has 0 bridgehead atoms. The number of benzene rings is 1. The van der Waals surface area contributed by atoms with Crippen LogP contribution >= 0.6 is 0 Å². The van der Waals surface area contributed by atoms with E-state index in [2.05, 4.69) is 16.8 Å². The third-order valence-electron chi connectivity index (χ3n) is 3.44. The summed E-state index contributed by atoms with van der Waals surface area (Å²) in [6.45, 7) is 4.17. The van der Waals surface area contributed by atoms with Gasteiger partial charge in [-0.2, -0.15) is 0 Å². The highest BCUT2D eigenvalue weighted by molar-refractivity contribution is 5.21. The fourth-order valence-corrected chi connectivity index (χ4v) is 2.37. The molecule has 2 aromatic rings. The fourth-order valence-electron chi connectivity index (χ4n) is 2.37. The molecule has 0 amide bonds. The predicted octanol–water partition coefficient (Wildman–Crippen LogP) is 2.74. The van der Waals surface area contributed by atoms with Gasteiger partial charge in [-0.25, -0.2) is 4.39 Å². The van der Waals surface area contributed by atoms with Gasteiger partial charge >= 0.3 is 0 Å². The van der Waals surface area contributed by atoms with Crippen LogP contribution in [0.25, 0.3) is 0 Å². The molecule has 3 nitrogen and oxygen atoms in total. The maximum absolute atomic E-state index is 13.4. The molecule has 0 aliphatic carbocycles. The number of aromatic nitrogens is 1. The van der Waals surface area contributed by atoms with E-state index < -0.39 is 0 Å². The first kappa shape index (κ1) is 14.6. The summed E-state index contributed by atoms with van der Waals surface area (Å²) in [4.78, 5) is 6.26. The highest BCUT2D eigenvalue weighted by Crippen LogP contribution is 2.22. The lowest BCUT2D eigenvalue weighted by atomic mass is 10.0. The molecule has 1 heterocycles. The van der Waals surface area contributed by atoms with E-state index in [4.69, 9.17) is 5.73 Å².